The summed E-state index contributed by atoms with van der Waals surface area (Å²) in [6, 6.07) is 0. The van der Waals surface area contributed by atoms with Gasteiger partial charge in [0.15, 0.2) is 12.0 Å². The molecule has 1 aromatic rings. The Balaban J connectivity index is 2.07. The number of halogens is 1. The van der Waals surface area contributed by atoms with Crippen molar-refractivity contribution >= 4 is 5.97 Å². The summed E-state index contributed by atoms with van der Waals surface area (Å²) in [6.45, 7) is 3.77. The van der Waals surface area contributed by atoms with Crippen LogP contribution in [0, 0.1) is 5.82 Å². The van der Waals surface area contributed by atoms with Crippen LogP contribution in [0.5, 0.6) is 0 Å². The summed E-state index contributed by atoms with van der Waals surface area (Å²) in [5.41, 5.74) is -1.22. The molecule has 8 nitrogen and oxygen atoms in total. The van der Waals surface area contributed by atoms with Crippen LogP contribution in [0.2, 0.25) is 0 Å². The summed E-state index contributed by atoms with van der Waals surface area (Å²) in [5, 5.41) is 19.6. The lowest BCUT2D eigenvalue weighted by Gasteiger charge is -2.17. The number of unbranched alkanes of at least 4 members (excludes halogenated alkanes) is 2. The van der Waals surface area contributed by atoms with Gasteiger partial charge in [-0.25, -0.2) is 9.18 Å². The van der Waals surface area contributed by atoms with E-state index in [9.17, 15) is 24.2 Å². The van der Waals surface area contributed by atoms with Gasteiger partial charge in [0.25, 0.3) is 0 Å². The maximum atomic E-state index is 14.2. The van der Waals surface area contributed by atoms with E-state index in [4.69, 9.17) is 9.47 Å². The number of rotatable bonds is 7. The van der Waals surface area contributed by atoms with Crippen LogP contribution in [0.1, 0.15) is 45.0 Å². The van der Waals surface area contributed by atoms with Crippen molar-refractivity contribution in [2.45, 2.75) is 64.1 Å². The minimum absolute atomic E-state index is 0.239. The molecule has 0 spiro atoms. The van der Waals surface area contributed by atoms with Crippen molar-refractivity contribution < 1.29 is 28.9 Å². The Bertz CT molecular complexity index is 665. The fourth-order valence-electron chi connectivity index (χ4n) is 2.57. The molecule has 1 saturated heterocycles. The fourth-order valence-corrected chi connectivity index (χ4v) is 2.57. The monoisotopic (exact) mass is 358 g/mol. The molecule has 1 aliphatic heterocycles. The quantitative estimate of drug-likeness (QED) is 0.533. The largest absolute Gasteiger partial charge is 0.465 e. The van der Waals surface area contributed by atoms with Gasteiger partial charge in [-0.2, -0.15) is 4.98 Å². The topological polar surface area (TPSA) is 111 Å². The van der Waals surface area contributed by atoms with Crippen molar-refractivity contribution in [3.63, 3.8) is 0 Å². The number of aliphatic hydroxyl groups is 2. The number of hydrogen-bond acceptors (Lipinski definition) is 7. The van der Waals surface area contributed by atoms with Gasteiger partial charge in [0.1, 0.15) is 12.2 Å². The van der Waals surface area contributed by atoms with Gasteiger partial charge < -0.3 is 19.7 Å². The molecule has 0 amide bonds. The Morgan fingerprint density at radius 2 is 2.12 bits per heavy atom. The zero-order chi connectivity index (χ0) is 18.6. The number of esters is 1. The maximum Gasteiger partial charge on any atom is 0.350 e. The second-order valence-electron chi connectivity index (χ2n) is 6.04. The zero-order valence-electron chi connectivity index (χ0n) is 14.2. The van der Waals surface area contributed by atoms with Gasteiger partial charge in [-0.1, -0.05) is 19.8 Å². The van der Waals surface area contributed by atoms with Crippen LogP contribution in [0.15, 0.2) is 11.0 Å². The van der Waals surface area contributed by atoms with E-state index >= 15 is 0 Å². The van der Waals surface area contributed by atoms with E-state index in [0.29, 0.717) is 0 Å². The van der Waals surface area contributed by atoms with Crippen molar-refractivity contribution in [2.24, 2.45) is 0 Å². The molecule has 0 saturated carbocycles. The molecule has 2 unspecified atom stereocenters. The molecule has 1 aromatic heterocycles. The molecule has 2 N–H and O–H groups in total. The second-order valence-corrected chi connectivity index (χ2v) is 6.04. The van der Waals surface area contributed by atoms with E-state index in [-0.39, 0.29) is 12.3 Å². The average Bonchev–Trinajstić information content (AvgIpc) is 2.82. The third-order valence-corrected chi connectivity index (χ3v) is 4.05. The average molecular weight is 358 g/mol. The number of carbonyl (C=O) groups excluding carboxylic acids is 1. The summed E-state index contributed by atoms with van der Waals surface area (Å²) in [7, 11) is 0. The molecule has 2 rings (SSSR count). The molecule has 140 valence electrons. The highest BCUT2D eigenvalue weighted by Crippen LogP contribution is 2.28. The van der Waals surface area contributed by atoms with Gasteiger partial charge in [-0.3, -0.25) is 9.36 Å². The lowest BCUT2D eigenvalue weighted by Crippen LogP contribution is -2.36. The Morgan fingerprint density at radius 3 is 2.72 bits per heavy atom. The smallest absolute Gasteiger partial charge is 0.350 e. The van der Waals surface area contributed by atoms with E-state index in [1.165, 1.54) is 6.92 Å². The lowest BCUT2D eigenvalue weighted by atomic mass is 10.1. The van der Waals surface area contributed by atoms with Gasteiger partial charge in [0, 0.05) is 6.20 Å². The Morgan fingerprint density at radius 1 is 1.40 bits per heavy atom. The van der Waals surface area contributed by atoms with E-state index in [1.54, 1.807) is 0 Å². The molecule has 0 radical (unpaired) electrons. The zero-order valence-corrected chi connectivity index (χ0v) is 14.2. The minimum atomic E-state index is -1.39. The highest BCUT2D eigenvalue weighted by atomic mass is 19.1. The first-order chi connectivity index (χ1) is 11.8. The molecule has 9 heteroatoms. The lowest BCUT2D eigenvalue weighted by molar-refractivity contribution is -0.143. The number of aromatic nitrogens is 2. The highest BCUT2D eigenvalue weighted by molar-refractivity contribution is 5.71. The molecule has 0 bridgehead atoms. The second kappa shape index (κ2) is 8.50. The number of aliphatic hydroxyl groups excluding tert-OH is 2. The summed E-state index contributed by atoms with van der Waals surface area (Å²) >= 11 is 0. The summed E-state index contributed by atoms with van der Waals surface area (Å²) < 4.78 is 25.2. The third-order valence-electron chi connectivity index (χ3n) is 4.05. The molecular formula is C16H23FN2O6. The maximum absolute atomic E-state index is 14.2. The third kappa shape index (κ3) is 4.62. The van der Waals surface area contributed by atoms with Gasteiger partial charge in [-0.05, 0) is 13.3 Å². The first-order valence-corrected chi connectivity index (χ1v) is 8.30. The molecule has 25 heavy (non-hydrogen) atoms. The first-order valence-electron chi connectivity index (χ1n) is 8.30. The Labute approximate surface area is 144 Å². The number of hydrogen-bond donors (Lipinski definition) is 2. The van der Waals surface area contributed by atoms with E-state index < -0.39 is 48.4 Å². The number of ether oxygens (including phenoxy) is 2. The molecule has 2 heterocycles. The van der Waals surface area contributed by atoms with Crippen LogP contribution in [0.3, 0.4) is 0 Å². The minimum Gasteiger partial charge on any atom is -0.465 e. The molecule has 1 fully saturated rings. The van der Waals surface area contributed by atoms with Gasteiger partial charge in [0.05, 0.1) is 24.8 Å². The standard InChI is InChI=1S/C16H23FN2O6/c1-3-4-5-6-24-12(20)7-11-10(17)8-19(16(23)18-11)15-14(22)13(21)9(2)25-15/h8-9,13-15,21-22H,3-7H2,1-2H3/t9-,13?,14?,15-/m1/s1. The number of nitrogens with zero attached hydrogens (tertiary/aromatic N) is 2. The van der Waals surface area contributed by atoms with Crippen molar-refractivity contribution in [3.8, 4) is 0 Å². The normalized spacial score (nSPS) is 26.0. The van der Waals surface area contributed by atoms with E-state index in [2.05, 4.69) is 4.98 Å². The summed E-state index contributed by atoms with van der Waals surface area (Å²) in [5.74, 6) is -1.56. The number of carbonyl (C=O) groups is 1. The predicted molar refractivity (Wildman–Crippen MR) is 84.2 cm³/mol. The van der Waals surface area contributed by atoms with E-state index in [1.807, 2.05) is 6.92 Å². The molecular weight excluding hydrogens is 335 g/mol. The Kier molecular flexibility index (Phi) is 6.63. The van der Waals surface area contributed by atoms with Crippen LogP contribution in [0.25, 0.3) is 0 Å². The Hall–Kier alpha value is -1.84. The van der Waals surface area contributed by atoms with Crippen LogP contribution >= 0.6 is 0 Å². The molecule has 4 atom stereocenters. The van der Waals surface area contributed by atoms with Gasteiger partial charge >= 0.3 is 11.7 Å². The van der Waals surface area contributed by atoms with Crippen molar-refractivity contribution in [1.82, 2.24) is 9.55 Å². The van der Waals surface area contributed by atoms with E-state index in [0.717, 1.165) is 30.0 Å². The molecule has 0 aliphatic carbocycles. The van der Waals surface area contributed by atoms with Crippen LogP contribution in [0.4, 0.5) is 4.39 Å². The summed E-state index contributed by atoms with van der Waals surface area (Å²) in [4.78, 5) is 27.3. The summed E-state index contributed by atoms with van der Waals surface area (Å²) in [6.07, 6.45) is -1.56. The van der Waals surface area contributed by atoms with Crippen LogP contribution in [-0.4, -0.2) is 50.7 Å². The highest BCUT2D eigenvalue weighted by Gasteiger charge is 2.42. The van der Waals surface area contributed by atoms with Gasteiger partial charge in [0.2, 0.25) is 0 Å². The fraction of sp³-hybridized carbons (Fsp3) is 0.688. The first kappa shape index (κ1) is 19.5. The van der Waals surface area contributed by atoms with Crippen LogP contribution < -0.4 is 5.69 Å². The molecule has 1 aliphatic rings. The van der Waals surface area contributed by atoms with Crippen molar-refractivity contribution in [1.29, 1.82) is 0 Å². The van der Waals surface area contributed by atoms with Crippen LogP contribution in [-0.2, 0) is 20.7 Å². The molecule has 0 aromatic carbocycles. The van der Waals surface area contributed by atoms with Crippen molar-refractivity contribution in [2.75, 3.05) is 6.61 Å². The predicted octanol–water partition coefficient (Wildman–Crippen LogP) is 0.297. The van der Waals surface area contributed by atoms with Crippen molar-refractivity contribution in [3.05, 3.63) is 28.2 Å². The SMILES string of the molecule is CCCCCOC(=O)Cc1nc(=O)n([C@@H]2O[C@H](C)C(O)C2O)cc1F. The van der Waals surface area contributed by atoms with Gasteiger partial charge in [-0.15, -0.1) is 0 Å².